The van der Waals surface area contributed by atoms with Gasteiger partial charge in [0, 0.05) is 10.6 Å². The van der Waals surface area contributed by atoms with Gasteiger partial charge in [0.15, 0.2) is 11.5 Å². The molecule has 0 bridgehead atoms. The molecule has 0 saturated carbocycles. The number of halogens is 2. The summed E-state index contributed by atoms with van der Waals surface area (Å²) in [5.74, 6) is 1.18. The molecule has 0 unspecified atom stereocenters. The molecular weight excluding hydrogens is 365 g/mol. The molecule has 0 aliphatic carbocycles. The van der Waals surface area contributed by atoms with Crippen LogP contribution < -0.4 is 15.2 Å². The summed E-state index contributed by atoms with van der Waals surface area (Å²) in [4.78, 5) is 0. The first kappa shape index (κ1) is 17.4. The van der Waals surface area contributed by atoms with E-state index in [-0.39, 0.29) is 11.9 Å². The topological polar surface area (TPSA) is 83.4 Å². The lowest BCUT2D eigenvalue weighted by Crippen LogP contribution is -2.01. The Morgan fingerprint density at radius 3 is 2.48 bits per heavy atom. The van der Waals surface area contributed by atoms with Gasteiger partial charge in [-0.05, 0) is 36.8 Å². The summed E-state index contributed by atoms with van der Waals surface area (Å²) >= 11 is 12.3. The summed E-state index contributed by atoms with van der Waals surface area (Å²) in [5, 5.41) is 8.52. The number of hydrogen-bond donors (Lipinski definition) is 1. The van der Waals surface area contributed by atoms with E-state index in [1.54, 1.807) is 24.3 Å². The number of aromatic nitrogens is 2. The summed E-state index contributed by atoms with van der Waals surface area (Å²) in [7, 11) is 0. The van der Waals surface area contributed by atoms with Crippen LogP contribution in [0.3, 0.4) is 0 Å². The molecule has 0 spiro atoms. The highest BCUT2D eigenvalue weighted by Crippen LogP contribution is 2.40. The van der Waals surface area contributed by atoms with Gasteiger partial charge in [0.2, 0.25) is 5.89 Å². The fraction of sp³-hybridized carbons (Fsp3) is 0.176. The number of ether oxygens (including phenoxy) is 2. The van der Waals surface area contributed by atoms with E-state index in [9.17, 15) is 0 Å². The van der Waals surface area contributed by atoms with Crippen LogP contribution in [0.15, 0.2) is 40.8 Å². The molecular formula is C17H15Cl2N3O3. The van der Waals surface area contributed by atoms with Gasteiger partial charge in [-0.1, -0.05) is 40.4 Å². The fourth-order valence-corrected chi connectivity index (χ4v) is 2.57. The number of nitrogen functional groups attached to an aromatic ring is 1. The summed E-state index contributed by atoms with van der Waals surface area (Å²) in [6, 6.07) is 10.7. The monoisotopic (exact) mass is 379 g/mol. The lowest BCUT2D eigenvalue weighted by atomic mass is 10.2. The van der Waals surface area contributed by atoms with Gasteiger partial charge in [0.25, 0.3) is 0 Å². The van der Waals surface area contributed by atoms with Crippen molar-refractivity contribution in [2.75, 3.05) is 12.3 Å². The SMILES string of the molecule is CCOc1cc(-c2nnc(N)o2)cc(Cl)c1OCc1ccc(Cl)cc1. The Labute approximate surface area is 154 Å². The second-order valence-corrected chi connectivity index (χ2v) is 5.92. The Morgan fingerprint density at radius 1 is 1.08 bits per heavy atom. The minimum Gasteiger partial charge on any atom is -0.490 e. The maximum atomic E-state index is 6.37. The molecule has 3 rings (SSSR count). The standard InChI is InChI=1S/C17H15Cl2N3O3/c1-2-23-14-8-11(16-21-22-17(20)25-16)7-13(19)15(14)24-9-10-3-5-12(18)6-4-10/h3-8H,2,9H2,1H3,(H2,20,22). The lowest BCUT2D eigenvalue weighted by molar-refractivity contribution is 0.269. The van der Waals surface area contributed by atoms with E-state index in [1.807, 2.05) is 19.1 Å². The first-order valence-corrected chi connectivity index (χ1v) is 8.25. The van der Waals surface area contributed by atoms with Crippen LogP contribution in [-0.4, -0.2) is 16.8 Å². The van der Waals surface area contributed by atoms with E-state index in [2.05, 4.69) is 10.2 Å². The molecule has 1 heterocycles. The van der Waals surface area contributed by atoms with Crippen LogP contribution in [0.25, 0.3) is 11.5 Å². The Morgan fingerprint density at radius 2 is 1.84 bits per heavy atom. The Bertz CT molecular complexity index is 866. The van der Waals surface area contributed by atoms with Crippen molar-refractivity contribution >= 4 is 29.2 Å². The minimum absolute atomic E-state index is 0.0212. The third kappa shape index (κ3) is 4.15. The highest BCUT2D eigenvalue weighted by molar-refractivity contribution is 6.32. The van der Waals surface area contributed by atoms with Crippen LogP contribution >= 0.6 is 23.2 Å². The molecule has 0 amide bonds. The fourth-order valence-electron chi connectivity index (χ4n) is 2.18. The molecule has 0 fully saturated rings. The molecule has 25 heavy (non-hydrogen) atoms. The molecule has 6 nitrogen and oxygen atoms in total. The molecule has 0 radical (unpaired) electrons. The lowest BCUT2D eigenvalue weighted by Gasteiger charge is -2.14. The van der Waals surface area contributed by atoms with Crippen molar-refractivity contribution in [3.05, 3.63) is 52.0 Å². The Balaban J connectivity index is 1.88. The summed E-state index contributed by atoms with van der Waals surface area (Å²) < 4.78 is 16.7. The van der Waals surface area contributed by atoms with Gasteiger partial charge in [-0.2, -0.15) is 0 Å². The molecule has 130 valence electrons. The second-order valence-electron chi connectivity index (χ2n) is 5.08. The summed E-state index contributed by atoms with van der Waals surface area (Å²) in [6.07, 6.45) is 0. The predicted molar refractivity (Wildman–Crippen MR) is 96.1 cm³/mol. The van der Waals surface area contributed by atoms with Gasteiger partial charge in [-0.25, -0.2) is 0 Å². The van der Waals surface area contributed by atoms with Crippen molar-refractivity contribution in [1.29, 1.82) is 0 Å². The summed E-state index contributed by atoms with van der Waals surface area (Å²) in [5.41, 5.74) is 7.01. The van der Waals surface area contributed by atoms with Gasteiger partial charge in [0.05, 0.1) is 11.6 Å². The summed E-state index contributed by atoms with van der Waals surface area (Å²) in [6.45, 7) is 2.64. The molecule has 0 atom stereocenters. The van der Waals surface area contributed by atoms with E-state index in [4.69, 9.17) is 42.8 Å². The zero-order valence-corrected chi connectivity index (χ0v) is 14.8. The number of rotatable bonds is 6. The smallest absolute Gasteiger partial charge is 0.313 e. The zero-order valence-electron chi connectivity index (χ0n) is 13.3. The number of anilines is 1. The van der Waals surface area contributed by atoms with Crippen molar-refractivity contribution in [2.24, 2.45) is 0 Å². The van der Waals surface area contributed by atoms with Crippen molar-refractivity contribution in [1.82, 2.24) is 10.2 Å². The van der Waals surface area contributed by atoms with E-state index >= 15 is 0 Å². The van der Waals surface area contributed by atoms with Crippen LogP contribution in [0.4, 0.5) is 6.01 Å². The molecule has 0 aliphatic rings. The largest absolute Gasteiger partial charge is 0.490 e. The second kappa shape index (κ2) is 7.63. The number of nitrogens with two attached hydrogens (primary N) is 1. The molecule has 0 saturated heterocycles. The van der Waals surface area contributed by atoms with E-state index < -0.39 is 0 Å². The van der Waals surface area contributed by atoms with Crippen LogP contribution in [-0.2, 0) is 6.61 Å². The first-order valence-electron chi connectivity index (χ1n) is 7.49. The number of benzene rings is 2. The zero-order chi connectivity index (χ0) is 17.8. The quantitative estimate of drug-likeness (QED) is 0.673. The van der Waals surface area contributed by atoms with Gasteiger partial charge in [-0.3, -0.25) is 0 Å². The van der Waals surface area contributed by atoms with E-state index in [0.717, 1.165) is 5.56 Å². The number of nitrogens with zero attached hydrogens (tertiary/aromatic N) is 2. The molecule has 0 aliphatic heterocycles. The van der Waals surface area contributed by atoms with Crippen molar-refractivity contribution < 1.29 is 13.9 Å². The van der Waals surface area contributed by atoms with E-state index in [1.165, 1.54) is 0 Å². The highest BCUT2D eigenvalue weighted by atomic mass is 35.5. The molecule has 2 aromatic carbocycles. The van der Waals surface area contributed by atoms with Gasteiger partial charge < -0.3 is 19.6 Å². The third-order valence-electron chi connectivity index (χ3n) is 3.29. The van der Waals surface area contributed by atoms with Crippen LogP contribution in [0.5, 0.6) is 11.5 Å². The maximum Gasteiger partial charge on any atom is 0.313 e. The van der Waals surface area contributed by atoms with Crippen molar-refractivity contribution in [3.8, 4) is 23.0 Å². The first-order chi connectivity index (χ1) is 12.1. The average Bonchev–Trinajstić information content (AvgIpc) is 3.02. The van der Waals surface area contributed by atoms with Crippen molar-refractivity contribution in [3.63, 3.8) is 0 Å². The van der Waals surface area contributed by atoms with Gasteiger partial charge in [-0.15, -0.1) is 5.10 Å². The molecule has 1 aromatic heterocycles. The van der Waals surface area contributed by atoms with Gasteiger partial charge >= 0.3 is 6.01 Å². The van der Waals surface area contributed by atoms with Crippen LogP contribution in [0.2, 0.25) is 10.0 Å². The number of hydrogen-bond acceptors (Lipinski definition) is 6. The molecule has 3 aromatic rings. The maximum absolute atomic E-state index is 6.37. The highest BCUT2D eigenvalue weighted by Gasteiger charge is 2.16. The third-order valence-corrected chi connectivity index (χ3v) is 3.83. The predicted octanol–water partition coefficient (Wildman–Crippen LogP) is 4.60. The van der Waals surface area contributed by atoms with E-state index in [0.29, 0.717) is 40.3 Å². The van der Waals surface area contributed by atoms with Crippen molar-refractivity contribution in [2.45, 2.75) is 13.5 Å². The molecule has 2 N–H and O–H groups in total. The van der Waals surface area contributed by atoms with Crippen LogP contribution in [0.1, 0.15) is 12.5 Å². The Kier molecular flexibility index (Phi) is 5.31. The Hall–Kier alpha value is -2.44. The normalized spacial score (nSPS) is 10.7. The average molecular weight is 380 g/mol. The van der Waals surface area contributed by atoms with Crippen LogP contribution in [0, 0.1) is 0 Å². The molecule has 8 heteroatoms. The minimum atomic E-state index is -0.0212. The van der Waals surface area contributed by atoms with Gasteiger partial charge in [0.1, 0.15) is 6.61 Å².